The van der Waals surface area contributed by atoms with Crippen molar-refractivity contribution in [2.75, 3.05) is 0 Å². The molecule has 0 saturated heterocycles. The minimum absolute atomic E-state index is 0.0230. The monoisotopic (exact) mass is 480 g/mol. The fraction of sp³-hybridized carbons (Fsp3) is 0.0370. The lowest BCUT2D eigenvalue weighted by Gasteiger charge is -2.15. The van der Waals surface area contributed by atoms with Crippen LogP contribution < -0.4 is 9.47 Å². The maximum Gasteiger partial charge on any atom is 0.417 e. The number of ether oxygens (including phenoxy) is 3. The van der Waals surface area contributed by atoms with Gasteiger partial charge in [-0.15, -0.1) is 0 Å². The van der Waals surface area contributed by atoms with Crippen LogP contribution in [-0.2, 0) is 20.5 Å². The largest absolute Gasteiger partial charge is 0.462 e. The number of carbonyl (C=O) groups is 2. The third-order valence-electron chi connectivity index (χ3n) is 4.68. The van der Waals surface area contributed by atoms with Gasteiger partial charge >= 0.3 is 18.1 Å². The lowest BCUT2D eigenvalue weighted by molar-refractivity contribution is -0.137. The third kappa shape index (κ3) is 6.70. The number of benzene rings is 3. The van der Waals surface area contributed by atoms with Crippen LogP contribution >= 0.6 is 0 Å². The van der Waals surface area contributed by atoms with E-state index in [1.807, 2.05) is 0 Å². The number of halogens is 3. The number of esters is 2. The second-order valence-corrected chi connectivity index (χ2v) is 6.96. The minimum atomic E-state index is -4.63. The smallest absolute Gasteiger partial charge is 0.417 e. The van der Waals surface area contributed by atoms with Crippen LogP contribution in [0.4, 0.5) is 13.2 Å². The molecule has 0 aliphatic heterocycles. The van der Waals surface area contributed by atoms with Crippen molar-refractivity contribution < 1.29 is 37.0 Å². The maximum absolute atomic E-state index is 13.8. The van der Waals surface area contributed by atoms with Crippen molar-refractivity contribution in [3.63, 3.8) is 0 Å². The maximum atomic E-state index is 13.8. The van der Waals surface area contributed by atoms with Gasteiger partial charge in [0, 0.05) is 12.2 Å². The summed E-state index contributed by atoms with van der Waals surface area (Å²) in [5, 5.41) is 0. The summed E-state index contributed by atoms with van der Waals surface area (Å²) in [5.41, 5.74) is 1.01. The lowest BCUT2D eigenvalue weighted by atomic mass is 9.96. The summed E-state index contributed by atoms with van der Waals surface area (Å²) in [6.07, 6.45) is -0.791. The second-order valence-electron chi connectivity index (χ2n) is 6.96. The average molecular weight is 480 g/mol. The van der Waals surface area contributed by atoms with E-state index in [2.05, 4.69) is 17.9 Å². The van der Waals surface area contributed by atoms with Crippen molar-refractivity contribution in [3.8, 4) is 33.8 Å². The zero-order chi connectivity index (χ0) is 25.4. The minimum Gasteiger partial charge on any atom is -0.462 e. The Morgan fingerprint density at radius 1 is 0.714 bits per heavy atom. The highest BCUT2D eigenvalue weighted by Crippen LogP contribution is 2.39. The molecular weight excluding hydrogens is 461 g/mol. The zero-order valence-corrected chi connectivity index (χ0v) is 18.2. The number of carbonyl (C=O) groups excluding carboxylic acids is 2. The summed E-state index contributed by atoms with van der Waals surface area (Å²) >= 11 is 0. The van der Waals surface area contributed by atoms with E-state index >= 15 is 0 Å². The molecule has 0 aromatic heterocycles. The molecule has 3 aromatic rings. The molecule has 0 N–H and O–H groups in total. The Balaban J connectivity index is 1.82. The summed E-state index contributed by atoms with van der Waals surface area (Å²) in [5.74, 6) is -1.04. The molecule has 3 aromatic carbocycles. The van der Waals surface area contributed by atoms with Crippen LogP contribution in [0.15, 0.2) is 105 Å². The van der Waals surface area contributed by atoms with Crippen molar-refractivity contribution in [1.82, 2.24) is 0 Å². The van der Waals surface area contributed by atoms with Crippen molar-refractivity contribution in [3.05, 3.63) is 110 Å². The highest BCUT2D eigenvalue weighted by molar-refractivity contribution is 5.83. The molecule has 0 saturated carbocycles. The molecule has 8 heteroatoms. The summed E-state index contributed by atoms with van der Waals surface area (Å²) in [6.45, 7) is 6.55. The molecule has 35 heavy (non-hydrogen) atoms. The fourth-order valence-corrected chi connectivity index (χ4v) is 3.05. The van der Waals surface area contributed by atoms with E-state index in [1.54, 1.807) is 48.5 Å². The molecule has 0 amide bonds. The Hall–Kier alpha value is -4.59. The summed E-state index contributed by atoms with van der Waals surface area (Å²) in [4.78, 5) is 22.2. The van der Waals surface area contributed by atoms with E-state index in [9.17, 15) is 22.8 Å². The van der Waals surface area contributed by atoms with Crippen molar-refractivity contribution in [2.24, 2.45) is 0 Å². The van der Waals surface area contributed by atoms with Gasteiger partial charge in [-0.3, -0.25) is 0 Å². The summed E-state index contributed by atoms with van der Waals surface area (Å²) in [6, 6.07) is 16.8. The van der Waals surface area contributed by atoms with Crippen LogP contribution in [0.3, 0.4) is 0 Å². The molecule has 0 aliphatic rings. The first kappa shape index (κ1) is 25.0. The number of hydrogen-bond donors (Lipinski definition) is 0. The van der Waals surface area contributed by atoms with Gasteiger partial charge in [-0.05, 0) is 46.5 Å². The van der Waals surface area contributed by atoms with E-state index < -0.39 is 23.7 Å². The molecule has 5 nitrogen and oxygen atoms in total. The molecular formula is C27H19F3O5. The Bertz CT molecular complexity index is 1260. The number of rotatable bonds is 8. The van der Waals surface area contributed by atoms with Gasteiger partial charge < -0.3 is 14.2 Å². The van der Waals surface area contributed by atoms with Crippen molar-refractivity contribution >= 4 is 11.9 Å². The Morgan fingerprint density at radius 2 is 1.26 bits per heavy atom. The Morgan fingerprint density at radius 3 is 1.83 bits per heavy atom. The van der Waals surface area contributed by atoms with Gasteiger partial charge in [-0.25, -0.2) is 9.59 Å². The Kier molecular flexibility index (Phi) is 7.88. The van der Waals surface area contributed by atoms with E-state index in [0.29, 0.717) is 11.3 Å². The normalized spacial score (nSPS) is 11.1. The first-order valence-electron chi connectivity index (χ1n) is 10.1. The predicted molar refractivity (Wildman–Crippen MR) is 124 cm³/mol. The van der Waals surface area contributed by atoms with Crippen LogP contribution in [-0.4, -0.2) is 11.9 Å². The van der Waals surface area contributed by atoms with Gasteiger partial charge in [0.1, 0.15) is 24.0 Å². The summed E-state index contributed by atoms with van der Waals surface area (Å²) in [7, 11) is 0. The van der Waals surface area contributed by atoms with E-state index in [-0.39, 0.29) is 11.3 Å². The van der Waals surface area contributed by atoms with Crippen LogP contribution in [0.5, 0.6) is 11.5 Å². The molecule has 0 bridgehead atoms. The molecule has 178 valence electrons. The molecule has 0 heterocycles. The van der Waals surface area contributed by atoms with Gasteiger partial charge in [0.05, 0.1) is 5.56 Å². The highest BCUT2D eigenvalue weighted by atomic mass is 19.4. The number of hydrogen-bond acceptors (Lipinski definition) is 5. The average Bonchev–Trinajstić information content (AvgIpc) is 2.86. The number of alkyl halides is 3. The molecule has 0 unspecified atom stereocenters. The van der Waals surface area contributed by atoms with E-state index in [0.717, 1.165) is 41.9 Å². The van der Waals surface area contributed by atoms with Crippen LogP contribution in [0, 0.1) is 0 Å². The molecule has 0 fully saturated rings. The van der Waals surface area contributed by atoms with Gasteiger partial charge in [-0.1, -0.05) is 55.6 Å². The van der Waals surface area contributed by atoms with Gasteiger partial charge in [0.2, 0.25) is 0 Å². The van der Waals surface area contributed by atoms with Gasteiger partial charge in [0.25, 0.3) is 0 Å². The fourth-order valence-electron chi connectivity index (χ4n) is 3.05. The van der Waals surface area contributed by atoms with Crippen molar-refractivity contribution in [2.45, 2.75) is 6.18 Å². The molecule has 3 rings (SSSR count). The standard InChI is InChI=1S/C27H19F3O5/c1-3-25(31)34-16-15-33-22-13-14-23(24(17-22)27(28,29)30)20-7-5-18(6-8-20)19-9-11-21(12-10-19)35-26(32)4-2/h3-17H,1-2H2. The van der Waals surface area contributed by atoms with Crippen LogP contribution in [0.2, 0.25) is 0 Å². The van der Waals surface area contributed by atoms with Gasteiger partial charge in [0.15, 0.2) is 0 Å². The predicted octanol–water partition coefficient (Wildman–Crippen LogP) is 6.71. The molecule has 0 spiro atoms. The van der Waals surface area contributed by atoms with Gasteiger partial charge in [-0.2, -0.15) is 13.2 Å². The molecule has 0 atom stereocenters. The SMILES string of the molecule is C=CC(=O)OC=COc1ccc(-c2ccc(-c3ccc(OC(=O)C=C)cc3)cc2)c(C(F)(F)F)c1. The van der Waals surface area contributed by atoms with Crippen LogP contribution in [0.1, 0.15) is 5.56 Å². The Labute approximate surface area is 199 Å². The van der Waals surface area contributed by atoms with Crippen LogP contribution in [0.25, 0.3) is 22.3 Å². The first-order chi connectivity index (χ1) is 16.7. The van der Waals surface area contributed by atoms with E-state index in [1.165, 1.54) is 12.1 Å². The molecule has 0 aliphatic carbocycles. The first-order valence-corrected chi connectivity index (χ1v) is 10.1. The highest BCUT2D eigenvalue weighted by Gasteiger charge is 2.34. The lowest BCUT2D eigenvalue weighted by Crippen LogP contribution is -2.07. The molecule has 0 radical (unpaired) electrons. The van der Waals surface area contributed by atoms with Crippen molar-refractivity contribution in [1.29, 1.82) is 0 Å². The summed E-state index contributed by atoms with van der Waals surface area (Å²) < 4.78 is 56.0. The third-order valence-corrected chi connectivity index (χ3v) is 4.68. The second kappa shape index (κ2) is 11.0. The quantitative estimate of drug-likeness (QED) is 0.155. The topological polar surface area (TPSA) is 61.8 Å². The van der Waals surface area contributed by atoms with E-state index in [4.69, 9.17) is 9.47 Å². The zero-order valence-electron chi connectivity index (χ0n) is 18.2.